The van der Waals surface area contributed by atoms with Gasteiger partial charge in [-0.3, -0.25) is 9.48 Å². The Morgan fingerprint density at radius 2 is 2.36 bits per heavy atom. The van der Waals surface area contributed by atoms with Gasteiger partial charge in [0.15, 0.2) is 5.78 Å². The topological polar surface area (TPSA) is 34.9 Å². The Morgan fingerprint density at radius 1 is 1.64 bits per heavy atom. The number of aryl methyl sites for hydroxylation is 1. The molecule has 0 bridgehead atoms. The van der Waals surface area contributed by atoms with Crippen molar-refractivity contribution in [3.05, 3.63) is 17.5 Å². The maximum atomic E-state index is 11.4. The minimum Gasteiger partial charge on any atom is -0.293 e. The number of aromatic nitrogens is 2. The minimum atomic E-state index is 0.131. The number of Topliss-reactive ketones (excluding diaryl/α,β-unsaturated/α-hetero) is 1. The predicted molar refractivity (Wildman–Crippen MR) is 54.5 cm³/mol. The molecule has 0 atom stereocenters. The lowest BCUT2D eigenvalue weighted by Crippen LogP contribution is -2.06. The molecule has 0 amide bonds. The van der Waals surface area contributed by atoms with Crippen molar-refractivity contribution < 1.29 is 4.79 Å². The molecule has 1 aliphatic rings. The molecule has 0 spiro atoms. The van der Waals surface area contributed by atoms with Gasteiger partial charge >= 0.3 is 0 Å². The molecule has 76 valence electrons. The molecule has 0 saturated heterocycles. The summed E-state index contributed by atoms with van der Waals surface area (Å²) in [5, 5.41) is 4.48. The molecule has 3 nitrogen and oxygen atoms in total. The molecule has 0 aliphatic heterocycles. The third-order valence-corrected chi connectivity index (χ3v) is 2.55. The Balaban J connectivity index is 2.30. The quantitative estimate of drug-likeness (QED) is 0.686. The lowest BCUT2D eigenvalue weighted by atomic mass is 10.2. The van der Waals surface area contributed by atoms with Crippen LogP contribution in [-0.2, 0) is 6.42 Å². The molecule has 2 rings (SSSR count). The van der Waals surface area contributed by atoms with Crippen molar-refractivity contribution >= 4 is 5.78 Å². The van der Waals surface area contributed by atoms with Crippen LogP contribution in [0.1, 0.15) is 55.3 Å². The van der Waals surface area contributed by atoms with Gasteiger partial charge < -0.3 is 0 Å². The van der Waals surface area contributed by atoms with Crippen LogP contribution in [0.3, 0.4) is 0 Å². The molecule has 0 aromatic carbocycles. The highest BCUT2D eigenvalue weighted by Gasteiger charge is 2.28. The molecule has 1 fully saturated rings. The summed E-state index contributed by atoms with van der Waals surface area (Å²) in [5.74, 6) is 0.131. The van der Waals surface area contributed by atoms with Crippen LogP contribution in [0.25, 0.3) is 0 Å². The van der Waals surface area contributed by atoms with Gasteiger partial charge in [0.1, 0.15) is 5.69 Å². The highest BCUT2D eigenvalue weighted by atomic mass is 16.1. The highest BCUT2D eigenvalue weighted by molar-refractivity contribution is 5.92. The molecule has 1 heterocycles. The van der Waals surface area contributed by atoms with E-state index in [-0.39, 0.29) is 5.78 Å². The van der Waals surface area contributed by atoms with E-state index < -0.39 is 0 Å². The van der Waals surface area contributed by atoms with E-state index in [1.807, 2.05) is 10.7 Å². The van der Waals surface area contributed by atoms with Crippen molar-refractivity contribution in [1.29, 1.82) is 0 Å². The third-order valence-electron chi connectivity index (χ3n) is 2.55. The van der Waals surface area contributed by atoms with Crippen LogP contribution in [0.5, 0.6) is 0 Å². The Kier molecular flexibility index (Phi) is 2.40. The van der Waals surface area contributed by atoms with Gasteiger partial charge in [0.2, 0.25) is 0 Å². The fourth-order valence-corrected chi connectivity index (χ4v) is 1.68. The van der Waals surface area contributed by atoms with Gasteiger partial charge in [-0.05, 0) is 25.3 Å². The second-order valence-corrected chi connectivity index (χ2v) is 4.00. The first-order valence-corrected chi connectivity index (χ1v) is 5.31. The number of rotatable bonds is 4. The van der Waals surface area contributed by atoms with Gasteiger partial charge in [-0.25, -0.2) is 0 Å². The zero-order chi connectivity index (χ0) is 10.1. The molecular weight excluding hydrogens is 176 g/mol. The van der Waals surface area contributed by atoms with Crippen molar-refractivity contribution in [3.63, 3.8) is 0 Å². The molecule has 1 saturated carbocycles. The number of carbonyl (C=O) groups excluding carboxylic acids is 1. The van der Waals surface area contributed by atoms with Crippen LogP contribution in [0, 0.1) is 0 Å². The maximum absolute atomic E-state index is 11.4. The zero-order valence-corrected chi connectivity index (χ0v) is 8.79. The van der Waals surface area contributed by atoms with E-state index in [0.717, 1.165) is 24.2 Å². The summed E-state index contributed by atoms with van der Waals surface area (Å²) in [6, 6.07) is 2.45. The first-order valence-electron chi connectivity index (χ1n) is 5.31. The smallest absolute Gasteiger partial charge is 0.177 e. The highest BCUT2D eigenvalue weighted by Crippen LogP contribution is 2.35. The van der Waals surface area contributed by atoms with Crippen molar-refractivity contribution in [3.8, 4) is 0 Å². The molecule has 0 unspecified atom stereocenters. The summed E-state index contributed by atoms with van der Waals surface area (Å²) >= 11 is 0. The summed E-state index contributed by atoms with van der Waals surface area (Å²) in [6.07, 6.45) is 4.40. The van der Waals surface area contributed by atoms with Crippen LogP contribution in [-0.4, -0.2) is 15.6 Å². The number of hydrogen-bond acceptors (Lipinski definition) is 2. The molecule has 1 aromatic rings. The summed E-state index contributed by atoms with van der Waals surface area (Å²) in [5.41, 5.74) is 1.85. The molecule has 0 radical (unpaired) electrons. The van der Waals surface area contributed by atoms with Crippen LogP contribution in [0.4, 0.5) is 0 Å². The van der Waals surface area contributed by atoms with E-state index in [1.54, 1.807) is 6.92 Å². The first kappa shape index (κ1) is 9.44. The van der Waals surface area contributed by atoms with Crippen LogP contribution in [0.2, 0.25) is 0 Å². The largest absolute Gasteiger partial charge is 0.293 e. The van der Waals surface area contributed by atoms with Gasteiger partial charge in [-0.2, -0.15) is 5.10 Å². The Morgan fingerprint density at radius 3 is 2.86 bits per heavy atom. The van der Waals surface area contributed by atoms with E-state index in [4.69, 9.17) is 0 Å². The zero-order valence-electron chi connectivity index (χ0n) is 8.79. The van der Waals surface area contributed by atoms with Crippen molar-refractivity contribution in [2.24, 2.45) is 0 Å². The number of carbonyl (C=O) groups is 1. The summed E-state index contributed by atoms with van der Waals surface area (Å²) in [7, 11) is 0. The van der Waals surface area contributed by atoms with E-state index in [1.165, 1.54) is 12.8 Å². The lowest BCUT2D eigenvalue weighted by molar-refractivity contribution is 0.100. The number of nitrogens with zero attached hydrogens (tertiary/aromatic N) is 2. The second-order valence-electron chi connectivity index (χ2n) is 4.00. The van der Waals surface area contributed by atoms with Crippen LogP contribution < -0.4 is 0 Å². The molecule has 14 heavy (non-hydrogen) atoms. The van der Waals surface area contributed by atoms with Crippen molar-refractivity contribution in [2.45, 2.75) is 45.6 Å². The van der Waals surface area contributed by atoms with E-state index in [2.05, 4.69) is 12.0 Å². The predicted octanol–water partition coefficient (Wildman–Crippen LogP) is 2.37. The lowest BCUT2D eigenvalue weighted by Gasteiger charge is -2.00. The fourth-order valence-electron chi connectivity index (χ4n) is 1.68. The fraction of sp³-hybridized carbons (Fsp3) is 0.636. The van der Waals surface area contributed by atoms with Gasteiger partial charge in [0.25, 0.3) is 0 Å². The Hall–Kier alpha value is -1.12. The molecule has 1 aromatic heterocycles. The summed E-state index contributed by atoms with van der Waals surface area (Å²) < 4.78 is 1.92. The SMILES string of the molecule is CCCc1cc(C(C)=O)n(C2CC2)n1. The monoisotopic (exact) mass is 192 g/mol. The number of hydrogen-bond donors (Lipinski definition) is 0. The van der Waals surface area contributed by atoms with E-state index in [9.17, 15) is 4.79 Å². The molecule has 1 aliphatic carbocycles. The summed E-state index contributed by atoms with van der Waals surface area (Å²) in [4.78, 5) is 11.4. The average molecular weight is 192 g/mol. The van der Waals surface area contributed by atoms with Crippen LogP contribution >= 0.6 is 0 Å². The Labute approximate surface area is 84.1 Å². The Bertz CT molecular complexity index is 350. The minimum absolute atomic E-state index is 0.131. The average Bonchev–Trinajstić information content (AvgIpc) is 2.88. The van der Waals surface area contributed by atoms with Gasteiger partial charge in [-0.15, -0.1) is 0 Å². The second kappa shape index (κ2) is 3.56. The molecule has 0 N–H and O–H groups in total. The normalized spacial score (nSPS) is 15.9. The van der Waals surface area contributed by atoms with Gasteiger partial charge in [0.05, 0.1) is 11.7 Å². The van der Waals surface area contributed by atoms with E-state index >= 15 is 0 Å². The maximum Gasteiger partial charge on any atom is 0.177 e. The molecule has 3 heteroatoms. The van der Waals surface area contributed by atoms with Gasteiger partial charge in [0, 0.05) is 6.92 Å². The third kappa shape index (κ3) is 1.72. The van der Waals surface area contributed by atoms with E-state index in [0.29, 0.717) is 6.04 Å². The van der Waals surface area contributed by atoms with Gasteiger partial charge in [-0.1, -0.05) is 13.3 Å². The standard InChI is InChI=1S/C11H16N2O/c1-3-4-9-7-11(8(2)14)13(12-9)10-5-6-10/h7,10H,3-6H2,1-2H3. The molecular formula is C11H16N2O. The van der Waals surface area contributed by atoms with Crippen molar-refractivity contribution in [2.75, 3.05) is 0 Å². The van der Waals surface area contributed by atoms with Crippen LogP contribution in [0.15, 0.2) is 6.07 Å². The number of ketones is 1. The first-order chi connectivity index (χ1) is 6.72. The van der Waals surface area contributed by atoms with Crippen molar-refractivity contribution in [1.82, 2.24) is 9.78 Å². The summed E-state index contributed by atoms with van der Waals surface area (Å²) in [6.45, 7) is 3.75.